The van der Waals surface area contributed by atoms with Gasteiger partial charge in [-0.2, -0.15) is 0 Å². The highest BCUT2D eigenvalue weighted by atomic mass is 16.4. The van der Waals surface area contributed by atoms with Gasteiger partial charge in [0.25, 0.3) is 0 Å². The van der Waals surface area contributed by atoms with Crippen molar-refractivity contribution in [2.24, 2.45) is 11.8 Å². The van der Waals surface area contributed by atoms with Crippen molar-refractivity contribution in [3.63, 3.8) is 0 Å². The number of amides is 1. The van der Waals surface area contributed by atoms with Crippen LogP contribution in [0.4, 0.5) is 0 Å². The summed E-state index contributed by atoms with van der Waals surface area (Å²) in [5.41, 5.74) is 0. The van der Waals surface area contributed by atoms with Gasteiger partial charge < -0.3 is 10.0 Å². The Balaban J connectivity index is 1.82. The van der Waals surface area contributed by atoms with E-state index in [4.69, 9.17) is 5.11 Å². The van der Waals surface area contributed by atoms with Gasteiger partial charge in [-0.1, -0.05) is 19.3 Å². The molecule has 4 heteroatoms. The molecule has 4 nitrogen and oxygen atoms in total. The predicted octanol–water partition coefficient (Wildman–Crippen LogP) is 1.89. The Kier molecular flexibility index (Phi) is 4.02. The van der Waals surface area contributed by atoms with Gasteiger partial charge in [-0.25, -0.2) is 0 Å². The highest BCUT2D eigenvalue weighted by Crippen LogP contribution is 2.28. The summed E-state index contributed by atoms with van der Waals surface area (Å²) in [5, 5.41) is 8.74. The van der Waals surface area contributed by atoms with E-state index < -0.39 is 5.97 Å². The molecule has 17 heavy (non-hydrogen) atoms. The largest absolute Gasteiger partial charge is 0.481 e. The number of carbonyl (C=O) groups excluding carboxylic acids is 1. The third-order valence-electron chi connectivity index (χ3n) is 4.02. The summed E-state index contributed by atoms with van der Waals surface area (Å²) in [6, 6.07) is 0. The van der Waals surface area contributed by atoms with Crippen LogP contribution < -0.4 is 0 Å². The summed E-state index contributed by atoms with van der Waals surface area (Å²) in [5.74, 6) is -0.0908. The van der Waals surface area contributed by atoms with Gasteiger partial charge in [0.2, 0.25) is 5.91 Å². The monoisotopic (exact) mass is 239 g/mol. The van der Waals surface area contributed by atoms with E-state index in [0.717, 1.165) is 25.8 Å². The number of carbonyl (C=O) groups is 2. The lowest BCUT2D eigenvalue weighted by Gasteiger charge is -2.26. The Bertz CT molecular complexity index is 297. The molecule has 2 fully saturated rings. The van der Waals surface area contributed by atoms with Crippen molar-refractivity contribution in [1.82, 2.24) is 4.90 Å². The number of hydrogen-bond donors (Lipinski definition) is 1. The van der Waals surface area contributed by atoms with Crippen LogP contribution in [0.2, 0.25) is 0 Å². The predicted molar refractivity (Wildman–Crippen MR) is 63.5 cm³/mol. The number of rotatable bonds is 3. The minimum Gasteiger partial charge on any atom is -0.481 e. The summed E-state index contributed by atoms with van der Waals surface area (Å²) in [7, 11) is 0. The second kappa shape index (κ2) is 5.52. The van der Waals surface area contributed by atoms with E-state index >= 15 is 0 Å². The van der Waals surface area contributed by atoms with Gasteiger partial charge in [-0.15, -0.1) is 0 Å². The molecular formula is C13H21NO3. The standard InChI is InChI=1S/C13H21NO3/c15-12(16)8-10-6-7-14(9-10)13(17)11-4-2-1-3-5-11/h10-11H,1-9H2,(H,15,16)/t10-/m1/s1. The Labute approximate surface area is 102 Å². The summed E-state index contributed by atoms with van der Waals surface area (Å²) in [6.45, 7) is 1.41. The molecule has 0 bridgehead atoms. The lowest BCUT2D eigenvalue weighted by molar-refractivity contribution is -0.139. The molecule has 0 unspecified atom stereocenters. The van der Waals surface area contributed by atoms with E-state index in [0.29, 0.717) is 6.54 Å². The zero-order valence-corrected chi connectivity index (χ0v) is 10.2. The van der Waals surface area contributed by atoms with Crippen LogP contribution in [0.15, 0.2) is 0 Å². The molecule has 0 spiro atoms. The average Bonchev–Trinajstić information content (AvgIpc) is 2.77. The normalized spacial score (nSPS) is 26.1. The molecule has 2 rings (SSSR count). The van der Waals surface area contributed by atoms with Crippen molar-refractivity contribution >= 4 is 11.9 Å². The number of nitrogens with zero attached hydrogens (tertiary/aromatic N) is 1. The van der Waals surface area contributed by atoms with Crippen LogP contribution in [0.5, 0.6) is 0 Å². The average molecular weight is 239 g/mol. The van der Waals surface area contributed by atoms with Gasteiger partial charge in [-0.3, -0.25) is 9.59 Å². The van der Waals surface area contributed by atoms with Crippen LogP contribution in [0.25, 0.3) is 0 Å². The zero-order valence-electron chi connectivity index (χ0n) is 10.2. The zero-order chi connectivity index (χ0) is 12.3. The number of carboxylic acid groups (broad SMARTS) is 1. The molecule has 2 aliphatic rings. The number of hydrogen-bond acceptors (Lipinski definition) is 2. The van der Waals surface area contributed by atoms with Crippen LogP contribution in [-0.2, 0) is 9.59 Å². The van der Waals surface area contributed by atoms with Gasteiger partial charge in [0.05, 0.1) is 0 Å². The molecule has 1 atom stereocenters. The second-order valence-electron chi connectivity index (χ2n) is 5.37. The number of aliphatic carboxylic acids is 1. The van der Waals surface area contributed by atoms with Crippen LogP contribution in [0.3, 0.4) is 0 Å². The molecule has 1 aliphatic carbocycles. The fraction of sp³-hybridized carbons (Fsp3) is 0.846. The molecule has 1 amide bonds. The number of carboxylic acids is 1. The van der Waals surface area contributed by atoms with Crippen molar-refractivity contribution in [2.75, 3.05) is 13.1 Å². The van der Waals surface area contributed by atoms with Crippen molar-refractivity contribution in [3.8, 4) is 0 Å². The SMILES string of the molecule is O=C(O)C[C@H]1CCN(C(=O)C2CCCCC2)C1. The van der Waals surface area contributed by atoms with Gasteiger partial charge in [0.15, 0.2) is 0 Å². The van der Waals surface area contributed by atoms with Crippen molar-refractivity contribution in [2.45, 2.75) is 44.9 Å². The Morgan fingerprint density at radius 2 is 1.82 bits per heavy atom. The molecule has 0 aromatic rings. The molecule has 1 heterocycles. The molecule has 0 aromatic heterocycles. The topological polar surface area (TPSA) is 57.6 Å². The van der Waals surface area contributed by atoms with Crippen LogP contribution >= 0.6 is 0 Å². The van der Waals surface area contributed by atoms with Gasteiger partial charge in [-0.05, 0) is 25.2 Å². The summed E-state index contributed by atoms with van der Waals surface area (Å²) >= 11 is 0. The first-order valence-electron chi connectivity index (χ1n) is 6.67. The van der Waals surface area contributed by atoms with E-state index in [9.17, 15) is 9.59 Å². The highest BCUT2D eigenvalue weighted by molar-refractivity contribution is 5.79. The molecule has 1 aliphatic heterocycles. The van der Waals surface area contributed by atoms with Crippen LogP contribution in [0, 0.1) is 11.8 Å². The van der Waals surface area contributed by atoms with Crippen molar-refractivity contribution in [1.29, 1.82) is 0 Å². The van der Waals surface area contributed by atoms with Gasteiger partial charge in [0, 0.05) is 25.4 Å². The first-order chi connectivity index (χ1) is 8.16. The maximum absolute atomic E-state index is 12.2. The highest BCUT2D eigenvalue weighted by Gasteiger charge is 2.32. The molecule has 0 radical (unpaired) electrons. The lowest BCUT2D eigenvalue weighted by atomic mass is 9.88. The molecular weight excluding hydrogens is 218 g/mol. The van der Waals surface area contributed by atoms with E-state index in [1.54, 1.807) is 0 Å². The molecule has 0 aromatic carbocycles. The molecule has 1 N–H and O–H groups in total. The smallest absolute Gasteiger partial charge is 0.303 e. The van der Waals surface area contributed by atoms with E-state index in [1.807, 2.05) is 4.90 Å². The molecule has 1 saturated carbocycles. The van der Waals surface area contributed by atoms with Crippen molar-refractivity contribution < 1.29 is 14.7 Å². The molecule has 1 saturated heterocycles. The Morgan fingerprint density at radius 1 is 1.12 bits per heavy atom. The van der Waals surface area contributed by atoms with Crippen LogP contribution in [-0.4, -0.2) is 35.0 Å². The second-order valence-corrected chi connectivity index (χ2v) is 5.37. The van der Waals surface area contributed by atoms with E-state index in [1.165, 1.54) is 19.3 Å². The third kappa shape index (κ3) is 3.20. The van der Waals surface area contributed by atoms with E-state index in [2.05, 4.69) is 0 Å². The first kappa shape index (κ1) is 12.4. The quantitative estimate of drug-likeness (QED) is 0.818. The summed E-state index contributed by atoms with van der Waals surface area (Å²) < 4.78 is 0. The Morgan fingerprint density at radius 3 is 2.47 bits per heavy atom. The van der Waals surface area contributed by atoms with Gasteiger partial charge in [0.1, 0.15) is 0 Å². The maximum atomic E-state index is 12.2. The van der Waals surface area contributed by atoms with Crippen molar-refractivity contribution in [3.05, 3.63) is 0 Å². The third-order valence-corrected chi connectivity index (χ3v) is 4.02. The molecule has 96 valence electrons. The fourth-order valence-corrected chi connectivity index (χ4v) is 3.05. The number of likely N-dealkylation sites (tertiary alicyclic amines) is 1. The minimum atomic E-state index is -0.748. The maximum Gasteiger partial charge on any atom is 0.303 e. The van der Waals surface area contributed by atoms with Gasteiger partial charge >= 0.3 is 5.97 Å². The van der Waals surface area contributed by atoms with E-state index in [-0.39, 0.29) is 24.2 Å². The minimum absolute atomic E-state index is 0.167. The lowest BCUT2D eigenvalue weighted by Crippen LogP contribution is -2.35. The first-order valence-corrected chi connectivity index (χ1v) is 6.67. The Hall–Kier alpha value is -1.06. The summed E-state index contributed by atoms with van der Waals surface area (Å²) in [4.78, 5) is 24.7. The fourth-order valence-electron chi connectivity index (χ4n) is 3.05. The van der Waals surface area contributed by atoms with Crippen LogP contribution in [0.1, 0.15) is 44.9 Å². The summed E-state index contributed by atoms with van der Waals surface area (Å²) in [6.07, 6.45) is 6.70.